The van der Waals surface area contributed by atoms with Crippen LogP contribution in [0.2, 0.25) is 0 Å². The van der Waals surface area contributed by atoms with Crippen LogP contribution in [-0.2, 0) is 14.8 Å². The van der Waals surface area contributed by atoms with Crippen molar-refractivity contribution in [3.8, 4) is 0 Å². The van der Waals surface area contributed by atoms with Gasteiger partial charge in [-0.3, -0.25) is 0 Å². The fourth-order valence-corrected chi connectivity index (χ4v) is 4.75. The number of ether oxygens (including phenoxy) is 1. The number of nitrogens with zero attached hydrogens (tertiary/aromatic N) is 1. The van der Waals surface area contributed by atoms with E-state index in [2.05, 4.69) is 0 Å². The minimum absolute atomic E-state index is 0.0313. The summed E-state index contributed by atoms with van der Waals surface area (Å²) < 4.78 is 31.6. The Morgan fingerprint density at radius 1 is 1.60 bits per heavy atom. The van der Waals surface area contributed by atoms with E-state index in [4.69, 9.17) is 9.84 Å². The molecule has 0 saturated carbocycles. The molecule has 1 aliphatic heterocycles. The highest BCUT2D eigenvalue weighted by Crippen LogP contribution is 2.24. The predicted octanol–water partition coefficient (Wildman–Crippen LogP) is 1.49. The highest BCUT2D eigenvalue weighted by molar-refractivity contribution is 7.89. The third-order valence-electron chi connectivity index (χ3n) is 3.26. The molecule has 8 heteroatoms. The minimum Gasteiger partial charge on any atom is -0.477 e. The van der Waals surface area contributed by atoms with Crippen LogP contribution in [0.5, 0.6) is 0 Å². The summed E-state index contributed by atoms with van der Waals surface area (Å²) in [5, 5.41) is 10.3. The first-order valence-electron chi connectivity index (χ1n) is 6.35. The normalized spacial score (nSPS) is 19.6. The molecule has 1 N–H and O–H groups in total. The van der Waals surface area contributed by atoms with E-state index < -0.39 is 16.0 Å². The van der Waals surface area contributed by atoms with Crippen LogP contribution in [0.15, 0.2) is 16.3 Å². The van der Waals surface area contributed by atoms with Gasteiger partial charge in [0.05, 0.1) is 11.5 Å². The molecule has 2 heterocycles. The third-order valence-corrected chi connectivity index (χ3v) is 6.25. The zero-order chi connectivity index (χ0) is 14.8. The Kier molecular flexibility index (Phi) is 4.79. The van der Waals surface area contributed by atoms with E-state index in [1.165, 1.54) is 15.8 Å². The van der Waals surface area contributed by atoms with Crippen LogP contribution in [-0.4, -0.2) is 50.1 Å². The summed E-state index contributed by atoms with van der Waals surface area (Å²) in [5.74, 6) is -0.897. The molecule has 20 heavy (non-hydrogen) atoms. The third kappa shape index (κ3) is 3.20. The quantitative estimate of drug-likeness (QED) is 0.859. The van der Waals surface area contributed by atoms with Crippen molar-refractivity contribution in [2.24, 2.45) is 5.92 Å². The van der Waals surface area contributed by atoms with Crippen molar-refractivity contribution in [3.05, 3.63) is 16.3 Å². The van der Waals surface area contributed by atoms with Crippen LogP contribution >= 0.6 is 11.3 Å². The van der Waals surface area contributed by atoms with Crippen LogP contribution in [0.3, 0.4) is 0 Å². The Morgan fingerprint density at radius 2 is 2.35 bits per heavy atom. The lowest BCUT2D eigenvalue weighted by Gasteiger charge is -2.22. The van der Waals surface area contributed by atoms with Crippen molar-refractivity contribution in [1.82, 2.24) is 4.31 Å². The first kappa shape index (κ1) is 15.4. The summed E-state index contributed by atoms with van der Waals surface area (Å²) in [5.41, 5.74) is 0. The number of aromatic carboxylic acids is 1. The summed E-state index contributed by atoms with van der Waals surface area (Å²) in [6.07, 6.45) is 0.857. The summed E-state index contributed by atoms with van der Waals surface area (Å²) in [6.45, 7) is 3.80. The summed E-state index contributed by atoms with van der Waals surface area (Å²) in [4.78, 5) is 10.9. The lowest BCUT2D eigenvalue weighted by Crippen LogP contribution is -2.35. The van der Waals surface area contributed by atoms with Crippen molar-refractivity contribution in [2.75, 3.05) is 26.3 Å². The average molecular weight is 319 g/mol. The van der Waals surface area contributed by atoms with Gasteiger partial charge in [-0.15, -0.1) is 11.3 Å². The zero-order valence-corrected chi connectivity index (χ0v) is 12.7. The predicted molar refractivity (Wildman–Crippen MR) is 74.6 cm³/mol. The highest BCUT2D eigenvalue weighted by Gasteiger charge is 2.29. The van der Waals surface area contributed by atoms with Gasteiger partial charge in [0.25, 0.3) is 0 Å². The molecule has 0 aromatic carbocycles. The van der Waals surface area contributed by atoms with Gasteiger partial charge in [-0.2, -0.15) is 4.31 Å². The first-order chi connectivity index (χ1) is 9.45. The van der Waals surface area contributed by atoms with Crippen molar-refractivity contribution >= 4 is 27.3 Å². The second kappa shape index (κ2) is 6.21. The largest absolute Gasteiger partial charge is 0.477 e. The number of hydrogen-bond donors (Lipinski definition) is 1. The molecular weight excluding hydrogens is 302 g/mol. The van der Waals surface area contributed by atoms with Crippen molar-refractivity contribution in [2.45, 2.75) is 18.2 Å². The minimum atomic E-state index is -3.63. The molecule has 6 nitrogen and oxygen atoms in total. The average Bonchev–Trinajstić information content (AvgIpc) is 3.06. The maximum atomic E-state index is 12.5. The zero-order valence-electron chi connectivity index (χ0n) is 11.1. The molecule has 1 atom stereocenters. The SMILES string of the molecule is CCN(CC1CCOC1)S(=O)(=O)c1csc(C(=O)O)c1. The van der Waals surface area contributed by atoms with Crippen LogP contribution in [0.1, 0.15) is 23.0 Å². The van der Waals surface area contributed by atoms with Gasteiger partial charge in [-0.05, 0) is 18.4 Å². The van der Waals surface area contributed by atoms with Crippen LogP contribution in [0.25, 0.3) is 0 Å². The van der Waals surface area contributed by atoms with E-state index in [-0.39, 0.29) is 15.7 Å². The second-order valence-corrected chi connectivity index (χ2v) is 7.49. The molecule has 1 aromatic rings. The molecule has 1 aliphatic rings. The van der Waals surface area contributed by atoms with Gasteiger partial charge in [0.1, 0.15) is 4.88 Å². The standard InChI is InChI=1S/C12H17NO5S2/c1-2-13(6-9-3-4-18-7-9)20(16,17)10-5-11(12(14)15)19-8-10/h5,8-9H,2-4,6-7H2,1H3,(H,14,15). The van der Waals surface area contributed by atoms with Crippen molar-refractivity contribution < 1.29 is 23.1 Å². The number of carbonyl (C=O) groups is 1. The Hall–Kier alpha value is -0.960. The molecule has 0 aliphatic carbocycles. The van der Waals surface area contributed by atoms with E-state index in [0.717, 1.165) is 17.8 Å². The van der Waals surface area contributed by atoms with E-state index in [0.29, 0.717) is 26.3 Å². The summed E-state index contributed by atoms with van der Waals surface area (Å²) in [7, 11) is -3.63. The van der Waals surface area contributed by atoms with E-state index in [1.54, 1.807) is 6.92 Å². The topological polar surface area (TPSA) is 83.9 Å². The van der Waals surface area contributed by atoms with Gasteiger partial charge in [0.2, 0.25) is 10.0 Å². The van der Waals surface area contributed by atoms with Crippen LogP contribution in [0.4, 0.5) is 0 Å². The Bertz CT molecular complexity index is 574. The van der Waals surface area contributed by atoms with Gasteiger partial charge in [-0.25, -0.2) is 13.2 Å². The van der Waals surface area contributed by atoms with E-state index in [1.807, 2.05) is 0 Å². The molecule has 2 rings (SSSR count). The fraction of sp³-hybridized carbons (Fsp3) is 0.583. The molecule has 1 aromatic heterocycles. The Morgan fingerprint density at radius 3 is 2.85 bits per heavy atom. The lowest BCUT2D eigenvalue weighted by molar-refractivity contribution is 0.0702. The summed E-state index contributed by atoms with van der Waals surface area (Å²) in [6, 6.07) is 1.22. The molecule has 0 radical (unpaired) electrons. The molecule has 0 bridgehead atoms. The number of carboxylic acid groups (broad SMARTS) is 1. The maximum Gasteiger partial charge on any atom is 0.345 e. The molecular formula is C12H17NO5S2. The number of carboxylic acids is 1. The molecule has 1 unspecified atom stereocenters. The van der Waals surface area contributed by atoms with Gasteiger partial charge in [-0.1, -0.05) is 6.92 Å². The smallest absolute Gasteiger partial charge is 0.345 e. The second-order valence-electron chi connectivity index (χ2n) is 4.64. The highest BCUT2D eigenvalue weighted by atomic mass is 32.2. The van der Waals surface area contributed by atoms with Gasteiger partial charge in [0, 0.05) is 25.1 Å². The molecule has 1 fully saturated rings. The van der Waals surface area contributed by atoms with E-state index in [9.17, 15) is 13.2 Å². The van der Waals surface area contributed by atoms with Crippen LogP contribution in [0, 0.1) is 5.92 Å². The Balaban J connectivity index is 2.18. The first-order valence-corrected chi connectivity index (χ1v) is 8.66. The number of hydrogen-bond acceptors (Lipinski definition) is 5. The van der Waals surface area contributed by atoms with Gasteiger partial charge in [0.15, 0.2) is 0 Å². The van der Waals surface area contributed by atoms with Crippen LogP contribution < -0.4 is 0 Å². The number of sulfonamides is 1. The monoisotopic (exact) mass is 319 g/mol. The fourth-order valence-electron chi connectivity index (χ4n) is 2.13. The Labute approximate surface area is 122 Å². The van der Waals surface area contributed by atoms with Crippen molar-refractivity contribution in [1.29, 1.82) is 0 Å². The molecule has 0 spiro atoms. The lowest BCUT2D eigenvalue weighted by atomic mass is 10.1. The van der Waals surface area contributed by atoms with Gasteiger partial charge >= 0.3 is 5.97 Å². The molecule has 112 valence electrons. The molecule has 1 saturated heterocycles. The van der Waals surface area contributed by atoms with Crippen molar-refractivity contribution in [3.63, 3.8) is 0 Å². The van der Waals surface area contributed by atoms with Gasteiger partial charge < -0.3 is 9.84 Å². The maximum absolute atomic E-state index is 12.5. The van der Waals surface area contributed by atoms with E-state index >= 15 is 0 Å². The molecule has 0 amide bonds. The summed E-state index contributed by atoms with van der Waals surface area (Å²) >= 11 is 0.925. The number of thiophene rings is 1. The number of rotatable bonds is 6.